The Morgan fingerprint density at radius 2 is 2.39 bits per heavy atom. The zero-order chi connectivity index (χ0) is 16.2. The van der Waals surface area contributed by atoms with Crippen LogP contribution in [0.2, 0.25) is 0 Å². The number of nitro groups is 1. The average molecular weight is 335 g/mol. The summed E-state index contributed by atoms with van der Waals surface area (Å²) in [6, 6.07) is 6.51. The van der Waals surface area contributed by atoms with E-state index in [-0.39, 0.29) is 31.5 Å². The summed E-state index contributed by atoms with van der Waals surface area (Å²) in [6.45, 7) is 0.360. The van der Waals surface area contributed by atoms with Crippen molar-refractivity contribution in [3.8, 4) is 5.75 Å². The Balaban J connectivity index is 1.80. The fourth-order valence-corrected chi connectivity index (χ4v) is 2.75. The largest absolute Gasteiger partial charge is 0.467 e. The molecular weight excluding hydrogens is 322 g/mol. The van der Waals surface area contributed by atoms with Crippen LogP contribution >= 0.6 is 11.3 Å². The third kappa shape index (κ3) is 3.41. The van der Waals surface area contributed by atoms with Crippen LogP contribution in [0.25, 0.3) is 0 Å². The first-order valence-electron chi connectivity index (χ1n) is 6.65. The van der Waals surface area contributed by atoms with Crippen LogP contribution in [-0.2, 0) is 22.8 Å². The second-order valence-corrected chi connectivity index (χ2v) is 5.64. The van der Waals surface area contributed by atoms with Crippen molar-refractivity contribution < 1.29 is 19.2 Å². The maximum atomic E-state index is 11.0. The second kappa shape index (κ2) is 6.63. The molecule has 23 heavy (non-hydrogen) atoms. The van der Waals surface area contributed by atoms with E-state index in [1.165, 1.54) is 23.5 Å². The van der Waals surface area contributed by atoms with Gasteiger partial charge in [-0.15, -0.1) is 11.3 Å². The number of hydrogen-bond donors (Lipinski definition) is 1. The van der Waals surface area contributed by atoms with E-state index in [2.05, 4.69) is 5.16 Å². The molecule has 1 aromatic heterocycles. The number of benzene rings is 1. The van der Waals surface area contributed by atoms with E-state index in [1.807, 2.05) is 17.5 Å². The van der Waals surface area contributed by atoms with E-state index in [0.717, 1.165) is 4.88 Å². The Morgan fingerprint density at radius 3 is 3.13 bits per heavy atom. The first kappa shape index (κ1) is 15.3. The van der Waals surface area contributed by atoms with Crippen molar-refractivity contribution in [2.24, 2.45) is 10.9 Å². The first-order chi connectivity index (χ1) is 11.1. The zero-order valence-electron chi connectivity index (χ0n) is 11.9. The van der Waals surface area contributed by atoms with Gasteiger partial charge in [-0.05, 0) is 11.4 Å². The lowest BCUT2D eigenvalue weighted by atomic mass is 10.1. The highest BCUT2D eigenvalue weighted by Gasteiger charge is 2.21. The molecule has 9 heteroatoms. The van der Waals surface area contributed by atoms with Crippen molar-refractivity contribution in [3.63, 3.8) is 0 Å². The monoisotopic (exact) mass is 335 g/mol. The Kier molecular flexibility index (Phi) is 4.40. The molecule has 1 aromatic carbocycles. The molecule has 0 atom stereocenters. The van der Waals surface area contributed by atoms with Gasteiger partial charge in [0.15, 0.2) is 12.6 Å². The lowest BCUT2D eigenvalue weighted by Gasteiger charge is -2.20. The third-order valence-corrected chi connectivity index (χ3v) is 4.03. The second-order valence-electron chi connectivity index (χ2n) is 4.69. The van der Waals surface area contributed by atoms with E-state index in [9.17, 15) is 10.1 Å². The molecule has 8 nitrogen and oxygen atoms in total. The maximum Gasteiger partial charge on any atom is 0.270 e. The Hall–Kier alpha value is -2.65. The van der Waals surface area contributed by atoms with Crippen LogP contribution in [0.5, 0.6) is 5.75 Å². The standard InChI is InChI=1S/C14H13N3O5S/c15-14(12-2-1-3-23-12)16-22-7-10-5-11(17(18)19)4-9-6-20-8-21-13(9)10/h1-5H,6-8H2,(H2,15,16). The number of fused-ring (bicyclic) bond motifs is 1. The van der Waals surface area contributed by atoms with Crippen LogP contribution in [0.1, 0.15) is 16.0 Å². The van der Waals surface area contributed by atoms with Crippen LogP contribution in [0.3, 0.4) is 0 Å². The zero-order valence-corrected chi connectivity index (χ0v) is 12.7. The van der Waals surface area contributed by atoms with Crippen LogP contribution in [0.4, 0.5) is 5.69 Å². The van der Waals surface area contributed by atoms with Crippen LogP contribution in [0, 0.1) is 10.1 Å². The highest BCUT2D eigenvalue weighted by atomic mass is 32.1. The molecule has 2 heterocycles. The minimum Gasteiger partial charge on any atom is -0.467 e. The summed E-state index contributed by atoms with van der Waals surface area (Å²) in [5.41, 5.74) is 6.88. The van der Waals surface area contributed by atoms with Crippen molar-refractivity contribution >= 4 is 22.9 Å². The molecule has 0 bridgehead atoms. The van der Waals surface area contributed by atoms with Crippen molar-refractivity contribution in [2.45, 2.75) is 13.2 Å². The SMILES string of the molecule is N/C(=N/OCc1cc([N+](=O)[O-])cc2c1OCOC2)c1cccs1. The van der Waals surface area contributed by atoms with Gasteiger partial charge in [0.2, 0.25) is 0 Å². The summed E-state index contributed by atoms with van der Waals surface area (Å²) >= 11 is 1.44. The average Bonchev–Trinajstić information content (AvgIpc) is 3.09. The number of nitro benzene ring substituents is 1. The number of amidine groups is 1. The predicted molar refractivity (Wildman–Crippen MR) is 83.2 cm³/mol. The van der Waals surface area contributed by atoms with E-state index in [0.29, 0.717) is 16.9 Å². The summed E-state index contributed by atoms with van der Waals surface area (Å²) in [6.07, 6.45) is 0. The molecular formula is C14H13N3O5S. The van der Waals surface area contributed by atoms with Gasteiger partial charge in [-0.1, -0.05) is 11.2 Å². The van der Waals surface area contributed by atoms with Gasteiger partial charge < -0.3 is 20.0 Å². The number of oxime groups is 1. The van der Waals surface area contributed by atoms with Crippen LogP contribution in [0.15, 0.2) is 34.8 Å². The number of non-ortho nitro benzene ring substituents is 1. The Labute approximate surface area is 135 Å². The molecule has 0 saturated heterocycles. The van der Waals surface area contributed by atoms with Crippen molar-refractivity contribution in [2.75, 3.05) is 6.79 Å². The van der Waals surface area contributed by atoms with E-state index < -0.39 is 4.92 Å². The highest BCUT2D eigenvalue weighted by Crippen LogP contribution is 2.33. The predicted octanol–water partition coefficient (Wildman–Crippen LogP) is 2.36. The van der Waals surface area contributed by atoms with E-state index in [1.54, 1.807) is 0 Å². The lowest BCUT2D eigenvalue weighted by molar-refractivity contribution is -0.385. The molecule has 2 N–H and O–H groups in total. The smallest absolute Gasteiger partial charge is 0.270 e. The van der Waals surface area contributed by atoms with Gasteiger partial charge in [0.05, 0.1) is 16.4 Å². The number of thiophene rings is 1. The number of hydrogen-bond acceptors (Lipinski definition) is 7. The number of nitrogens with two attached hydrogens (primary N) is 1. The number of nitrogens with zero attached hydrogens (tertiary/aromatic N) is 2. The molecule has 0 saturated carbocycles. The van der Waals surface area contributed by atoms with E-state index >= 15 is 0 Å². The third-order valence-electron chi connectivity index (χ3n) is 3.14. The molecule has 0 aliphatic carbocycles. The number of rotatable bonds is 5. The summed E-state index contributed by atoms with van der Waals surface area (Å²) in [5, 5.41) is 16.7. The van der Waals surface area contributed by atoms with Gasteiger partial charge in [0.1, 0.15) is 12.4 Å². The molecule has 120 valence electrons. The van der Waals surface area contributed by atoms with Crippen molar-refractivity contribution in [1.82, 2.24) is 0 Å². The highest BCUT2D eigenvalue weighted by molar-refractivity contribution is 7.12. The van der Waals surface area contributed by atoms with Gasteiger partial charge in [0.25, 0.3) is 5.69 Å². The topological polar surface area (TPSA) is 109 Å². The maximum absolute atomic E-state index is 11.0. The van der Waals surface area contributed by atoms with Gasteiger partial charge in [0, 0.05) is 23.3 Å². The van der Waals surface area contributed by atoms with Crippen molar-refractivity contribution in [1.29, 1.82) is 0 Å². The van der Waals surface area contributed by atoms with Gasteiger partial charge >= 0.3 is 0 Å². The molecule has 2 aromatic rings. The molecule has 1 aliphatic heterocycles. The molecule has 3 rings (SSSR count). The molecule has 0 amide bonds. The molecule has 0 fully saturated rings. The summed E-state index contributed by atoms with van der Waals surface area (Å²) in [4.78, 5) is 16.6. The minimum absolute atomic E-state index is 0.0100. The summed E-state index contributed by atoms with van der Waals surface area (Å²) in [5.74, 6) is 0.787. The van der Waals surface area contributed by atoms with Crippen molar-refractivity contribution in [3.05, 3.63) is 55.8 Å². The minimum atomic E-state index is -0.471. The van der Waals surface area contributed by atoms with Crippen LogP contribution < -0.4 is 10.5 Å². The van der Waals surface area contributed by atoms with Gasteiger partial charge in [-0.2, -0.15) is 0 Å². The quantitative estimate of drug-likeness (QED) is 0.389. The summed E-state index contributed by atoms with van der Waals surface area (Å²) < 4.78 is 10.6. The molecule has 1 aliphatic rings. The summed E-state index contributed by atoms with van der Waals surface area (Å²) in [7, 11) is 0. The van der Waals surface area contributed by atoms with Gasteiger partial charge in [-0.25, -0.2) is 0 Å². The molecule has 0 spiro atoms. The lowest BCUT2D eigenvalue weighted by Crippen LogP contribution is -2.14. The molecule has 0 radical (unpaired) electrons. The Bertz CT molecular complexity index is 745. The van der Waals surface area contributed by atoms with Crippen LogP contribution in [-0.4, -0.2) is 17.6 Å². The Morgan fingerprint density at radius 1 is 1.52 bits per heavy atom. The fraction of sp³-hybridized carbons (Fsp3) is 0.214. The first-order valence-corrected chi connectivity index (χ1v) is 7.53. The normalized spacial score (nSPS) is 14.0. The van der Waals surface area contributed by atoms with Gasteiger partial charge in [-0.3, -0.25) is 10.1 Å². The molecule has 0 unspecified atom stereocenters. The number of ether oxygens (including phenoxy) is 2. The van der Waals surface area contributed by atoms with E-state index in [4.69, 9.17) is 20.0 Å². The fourth-order valence-electron chi connectivity index (χ4n) is 2.13.